The van der Waals surface area contributed by atoms with Crippen molar-refractivity contribution in [2.75, 3.05) is 18.1 Å². The number of thioether (sulfide) groups is 1. The summed E-state index contributed by atoms with van der Waals surface area (Å²) in [5.41, 5.74) is 0. The number of rotatable bonds is 6. The van der Waals surface area contributed by atoms with Gasteiger partial charge in [-0.05, 0) is 38.0 Å². The number of nitrogens with one attached hydrogen (secondary N) is 1. The molecule has 5 heteroatoms. The summed E-state index contributed by atoms with van der Waals surface area (Å²) in [7, 11) is 0. The molecule has 1 aliphatic rings. The Kier molecular flexibility index (Phi) is 5.15. The van der Waals surface area contributed by atoms with Gasteiger partial charge >= 0.3 is 0 Å². The molecule has 0 bridgehead atoms. The zero-order valence-corrected chi connectivity index (χ0v) is 10.5. The van der Waals surface area contributed by atoms with Gasteiger partial charge in [-0.2, -0.15) is 11.8 Å². The van der Waals surface area contributed by atoms with Crippen LogP contribution in [0.1, 0.15) is 25.7 Å². The Labute approximate surface area is 101 Å². The highest BCUT2D eigenvalue weighted by Crippen LogP contribution is 2.16. The second-order valence-electron chi connectivity index (χ2n) is 4.24. The molecule has 1 aromatic heterocycles. The van der Waals surface area contributed by atoms with E-state index in [9.17, 15) is 0 Å². The van der Waals surface area contributed by atoms with Crippen LogP contribution in [-0.4, -0.2) is 39.1 Å². The summed E-state index contributed by atoms with van der Waals surface area (Å²) < 4.78 is 1.90. The van der Waals surface area contributed by atoms with Gasteiger partial charge in [-0.1, -0.05) is 5.21 Å². The Hall–Kier alpha value is -0.550. The van der Waals surface area contributed by atoms with E-state index in [0.29, 0.717) is 0 Å². The lowest BCUT2D eigenvalue weighted by atomic mass is 10.2. The minimum Gasteiger partial charge on any atom is -0.313 e. The molecule has 1 atom stereocenters. The maximum absolute atomic E-state index is 3.95. The number of hydrogen-bond acceptors (Lipinski definition) is 4. The first-order valence-electron chi connectivity index (χ1n) is 6.10. The van der Waals surface area contributed by atoms with Crippen LogP contribution in [0.15, 0.2) is 12.4 Å². The van der Waals surface area contributed by atoms with Gasteiger partial charge in [-0.25, -0.2) is 0 Å². The van der Waals surface area contributed by atoms with Gasteiger partial charge in [0.1, 0.15) is 0 Å². The molecule has 1 fully saturated rings. The van der Waals surface area contributed by atoms with E-state index in [1.807, 2.05) is 10.9 Å². The minimum absolute atomic E-state index is 0.755. The number of hydrogen-bond donors (Lipinski definition) is 1. The fraction of sp³-hybridized carbons (Fsp3) is 0.818. The molecule has 4 nitrogen and oxygen atoms in total. The Morgan fingerprint density at radius 1 is 1.44 bits per heavy atom. The molecule has 1 aliphatic heterocycles. The molecule has 16 heavy (non-hydrogen) atoms. The van der Waals surface area contributed by atoms with Crippen molar-refractivity contribution >= 4 is 11.8 Å². The Morgan fingerprint density at radius 3 is 3.19 bits per heavy atom. The smallest absolute Gasteiger partial charge is 0.0692 e. The summed E-state index contributed by atoms with van der Waals surface area (Å²) in [6.07, 6.45) is 8.79. The highest BCUT2D eigenvalue weighted by molar-refractivity contribution is 7.99. The quantitative estimate of drug-likeness (QED) is 0.766. The summed E-state index contributed by atoms with van der Waals surface area (Å²) >= 11 is 2.08. The van der Waals surface area contributed by atoms with Gasteiger partial charge in [0.15, 0.2) is 0 Å². The lowest BCUT2D eigenvalue weighted by molar-refractivity contribution is 0.473. The molecular weight excluding hydrogens is 220 g/mol. The van der Waals surface area contributed by atoms with Crippen LogP contribution in [0.2, 0.25) is 0 Å². The summed E-state index contributed by atoms with van der Waals surface area (Å²) in [5, 5.41) is 11.4. The number of nitrogens with zero attached hydrogens (tertiary/aromatic N) is 3. The van der Waals surface area contributed by atoms with Crippen molar-refractivity contribution in [2.45, 2.75) is 38.3 Å². The van der Waals surface area contributed by atoms with Crippen LogP contribution in [0.25, 0.3) is 0 Å². The predicted octanol–water partition coefficient (Wildman–Crippen LogP) is 1.54. The van der Waals surface area contributed by atoms with E-state index in [1.165, 1.54) is 37.2 Å². The van der Waals surface area contributed by atoms with Gasteiger partial charge in [0, 0.05) is 24.5 Å². The van der Waals surface area contributed by atoms with E-state index in [2.05, 4.69) is 27.4 Å². The lowest BCUT2D eigenvalue weighted by Crippen LogP contribution is -2.34. The fourth-order valence-corrected chi connectivity index (χ4v) is 3.07. The van der Waals surface area contributed by atoms with E-state index in [0.717, 1.165) is 19.1 Å². The zero-order chi connectivity index (χ0) is 11.1. The van der Waals surface area contributed by atoms with Gasteiger partial charge in [-0.15, -0.1) is 5.10 Å². The third-order valence-corrected chi connectivity index (χ3v) is 4.09. The number of aryl methyl sites for hydroxylation is 1. The second-order valence-corrected chi connectivity index (χ2v) is 5.39. The van der Waals surface area contributed by atoms with Crippen LogP contribution in [0.5, 0.6) is 0 Å². The van der Waals surface area contributed by atoms with Crippen molar-refractivity contribution in [2.24, 2.45) is 0 Å². The van der Waals surface area contributed by atoms with Gasteiger partial charge in [0.2, 0.25) is 0 Å². The minimum atomic E-state index is 0.755. The third-order valence-electron chi connectivity index (χ3n) is 2.88. The third kappa shape index (κ3) is 4.14. The SMILES string of the molecule is c1cn(CCCCNC2CCCSC2)nn1. The lowest BCUT2D eigenvalue weighted by Gasteiger charge is -2.22. The average molecular weight is 240 g/mol. The highest BCUT2D eigenvalue weighted by Gasteiger charge is 2.11. The molecule has 90 valence electrons. The first-order valence-corrected chi connectivity index (χ1v) is 7.26. The van der Waals surface area contributed by atoms with Crippen molar-refractivity contribution in [1.82, 2.24) is 20.3 Å². The van der Waals surface area contributed by atoms with Crippen molar-refractivity contribution in [3.05, 3.63) is 12.4 Å². The largest absolute Gasteiger partial charge is 0.313 e. The van der Waals surface area contributed by atoms with Crippen molar-refractivity contribution in [1.29, 1.82) is 0 Å². The molecule has 1 unspecified atom stereocenters. The molecule has 2 rings (SSSR count). The van der Waals surface area contributed by atoms with E-state index in [4.69, 9.17) is 0 Å². The van der Waals surface area contributed by atoms with E-state index < -0.39 is 0 Å². The Morgan fingerprint density at radius 2 is 2.44 bits per heavy atom. The number of aromatic nitrogens is 3. The molecule has 0 amide bonds. The topological polar surface area (TPSA) is 42.7 Å². The van der Waals surface area contributed by atoms with Gasteiger partial charge in [-0.3, -0.25) is 4.68 Å². The monoisotopic (exact) mass is 240 g/mol. The van der Waals surface area contributed by atoms with E-state index in [-0.39, 0.29) is 0 Å². The summed E-state index contributed by atoms with van der Waals surface area (Å²) in [6, 6.07) is 0.755. The Bertz CT molecular complexity index is 270. The molecular formula is C11H20N4S. The molecule has 0 aliphatic carbocycles. The molecule has 0 aromatic carbocycles. The van der Waals surface area contributed by atoms with Crippen LogP contribution in [0.4, 0.5) is 0 Å². The van der Waals surface area contributed by atoms with Crippen LogP contribution in [0.3, 0.4) is 0 Å². The molecule has 1 N–H and O–H groups in total. The number of unbranched alkanes of at least 4 members (excludes halogenated alkanes) is 1. The molecule has 0 saturated carbocycles. The van der Waals surface area contributed by atoms with Gasteiger partial charge in [0.05, 0.1) is 6.20 Å². The van der Waals surface area contributed by atoms with Gasteiger partial charge in [0.25, 0.3) is 0 Å². The fourth-order valence-electron chi connectivity index (χ4n) is 1.96. The zero-order valence-electron chi connectivity index (χ0n) is 9.64. The first kappa shape index (κ1) is 11.9. The summed E-state index contributed by atoms with van der Waals surface area (Å²) in [6.45, 7) is 2.13. The molecule has 1 aromatic rings. The molecule has 2 heterocycles. The maximum Gasteiger partial charge on any atom is 0.0692 e. The maximum atomic E-state index is 3.95. The van der Waals surface area contributed by atoms with Crippen molar-refractivity contribution < 1.29 is 0 Å². The van der Waals surface area contributed by atoms with Crippen LogP contribution < -0.4 is 5.32 Å². The van der Waals surface area contributed by atoms with Gasteiger partial charge < -0.3 is 5.32 Å². The second kappa shape index (κ2) is 6.91. The Balaban J connectivity index is 1.48. The normalized spacial score (nSPS) is 21.1. The average Bonchev–Trinajstić information content (AvgIpc) is 2.83. The molecule has 0 spiro atoms. The summed E-state index contributed by atoms with van der Waals surface area (Å²) in [5.74, 6) is 2.65. The molecule has 1 saturated heterocycles. The van der Waals surface area contributed by atoms with Crippen molar-refractivity contribution in [3.63, 3.8) is 0 Å². The highest BCUT2D eigenvalue weighted by atomic mass is 32.2. The van der Waals surface area contributed by atoms with E-state index >= 15 is 0 Å². The van der Waals surface area contributed by atoms with Crippen LogP contribution in [-0.2, 0) is 6.54 Å². The summed E-state index contributed by atoms with van der Waals surface area (Å²) in [4.78, 5) is 0. The van der Waals surface area contributed by atoms with Crippen molar-refractivity contribution in [3.8, 4) is 0 Å². The first-order chi connectivity index (χ1) is 7.95. The van der Waals surface area contributed by atoms with E-state index in [1.54, 1.807) is 6.20 Å². The predicted molar refractivity (Wildman–Crippen MR) is 67.6 cm³/mol. The van der Waals surface area contributed by atoms with Crippen LogP contribution in [0, 0.1) is 0 Å². The standard InChI is InChI=1S/C11H20N4S/c1(2-7-15-8-6-13-14-15)5-12-11-4-3-9-16-10-11/h6,8,11-12H,1-5,7,9-10H2. The van der Waals surface area contributed by atoms with Crippen LogP contribution >= 0.6 is 11.8 Å². The molecule has 0 radical (unpaired) electrons.